The summed E-state index contributed by atoms with van der Waals surface area (Å²) in [6.45, 7) is 5.70. The Labute approximate surface area is 87.1 Å². The molecule has 0 radical (unpaired) electrons. The molecule has 0 bridgehead atoms. The van der Waals surface area contributed by atoms with Crippen molar-refractivity contribution in [1.29, 1.82) is 0 Å². The van der Waals surface area contributed by atoms with Gasteiger partial charge in [0.15, 0.2) is 0 Å². The molecule has 0 saturated heterocycles. The molecule has 1 nitrogen and oxygen atoms in total. The monoisotopic (exact) mass is 201 g/mol. The zero-order valence-electron chi connectivity index (χ0n) is 9.01. The Kier molecular flexibility index (Phi) is 5.88. The smallest absolute Gasteiger partial charge is 0.0186 e. The minimum Gasteiger partial charge on any atom is -0.313 e. The Balaban J connectivity index is 2.16. The van der Waals surface area contributed by atoms with Crippen molar-refractivity contribution in [2.75, 3.05) is 18.1 Å². The van der Waals surface area contributed by atoms with Crippen LogP contribution in [0.2, 0.25) is 0 Å². The summed E-state index contributed by atoms with van der Waals surface area (Å²) in [4.78, 5) is 0. The van der Waals surface area contributed by atoms with Gasteiger partial charge < -0.3 is 5.32 Å². The average Bonchev–Trinajstić information content (AvgIpc) is 2.06. The van der Waals surface area contributed by atoms with Crippen LogP contribution < -0.4 is 5.32 Å². The highest BCUT2D eigenvalue weighted by Crippen LogP contribution is 2.30. The molecule has 1 saturated carbocycles. The first-order valence-corrected chi connectivity index (χ1v) is 6.85. The number of rotatable bonds is 7. The summed E-state index contributed by atoms with van der Waals surface area (Å²) < 4.78 is 0. The lowest BCUT2D eigenvalue weighted by Crippen LogP contribution is -2.41. The summed E-state index contributed by atoms with van der Waals surface area (Å²) in [7, 11) is 0. The molecule has 0 aromatic carbocycles. The van der Waals surface area contributed by atoms with E-state index in [-0.39, 0.29) is 0 Å². The molecule has 0 amide bonds. The zero-order valence-corrected chi connectivity index (χ0v) is 9.83. The van der Waals surface area contributed by atoms with E-state index in [1.165, 1.54) is 43.7 Å². The van der Waals surface area contributed by atoms with Crippen LogP contribution in [-0.2, 0) is 0 Å². The lowest BCUT2D eigenvalue weighted by Gasteiger charge is -2.34. The predicted octanol–water partition coefficient (Wildman–Crippen LogP) is 2.91. The van der Waals surface area contributed by atoms with Crippen molar-refractivity contribution < 1.29 is 0 Å². The van der Waals surface area contributed by atoms with Crippen LogP contribution >= 0.6 is 11.8 Å². The summed E-state index contributed by atoms with van der Waals surface area (Å²) in [6, 6.07) is 0.804. The molecule has 0 heterocycles. The fourth-order valence-corrected chi connectivity index (χ4v) is 2.66. The van der Waals surface area contributed by atoms with Crippen molar-refractivity contribution in [2.45, 2.75) is 45.6 Å². The standard InChI is InChI=1S/C11H23NS/c1-3-8-12-11(9-13-4-2)10-6-5-7-10/h10-12H,3-9H2,1-2H3. The van der Waals surface area contributed by atoms with Gasteiger partial charge in [0.1, 0.15) is 0 Å². The normalized spacial score (nSPS) is 19.8. The predicted molar refractivity (Wildman–Crippen MR) is 62.4 cm³/mol. The highest BCUT2D eigenvalue weighted by molar-refractivity contribution is 7.99. The third-order valence-corrected chi connectivity index (χ3v) is 3.88. The SMILES string of the molecule is CCCNC(CSCC)C1CCC1. The topological polar surface area (TPSA) is 12.0 Å². The molecule has 1 atom stereocenters. The Hall–Kier alpha value is 0.310. The molecule has 1 aliphatic rings. The lowest BCUT2D eigenvalue weighted by molar-refractivity contribution is 0.244. The van der Waals surface area contributed by atoms with E-state index >= 15 is 0 Å². The molecule has 78 valence electrons. The second-order valence-corrected chi connectivity index (χ2v) is 5.23. The Bertz CT molecular complexity index is 115. The van der Waals surface area contributed by atoms with E-state index in [0.29, 0.717) is 0 Å². The van der Waals surface area contributed by atoms with Crippen LogP contribution in [0.3, 0.4) is 0 Å². The molecule has 0 spiro atoms. The van der Waals surface area contributed by atoms with Gasteiger partial charge >= 0.3 is 0 Å². The van der Waals surface area contributed by atoms with Crippen LogP contribution in [0.5, 0.6) is 0 Å². The van der Waals surface area contributed by atoms with Gasteiger partial charge in [-0.3, -0.25) is 0 Å². The molecule has 0 aromatic rings. The van der Waals surface area contributed by atoms with Crippen molar-refractivity contribution in [1.82, 2.24) is 5.32 Å². The van der Waals surface area contributed by atoms with Gasteiger partial charge in [0.25, 0.3) is 0 Å². The van der Waals surface area contributed by atoms with Gasteiger partial charge in [0, 0.05) is 11.8 Å². The van der Waals surface area contributed by atoms with E-state index in [1.54, 1.807) is 0 Å². The third kappa shape index (κ3) is 3.90. The summed E-state index contributed by atoms with van der Waals surface area (Å²) in [5.41, 5.74) is 0. The second kappa shape index (κ2) is 6.72. The molecule has 0 aromatic heterocycles. The van der Waals surface area contributed by atoms with E-state index in [9.17, 15) is 0 Å². The van der Waals surface area contributed by atoms with Crippen molar-refractivity contribution in [3.8, 4) is 0 Å². The van der Waals surface area contributed by atoms with Crippen molar-refractivity contribution in [3.05, 3.63) is 0 Å². The fraction of sp³-hybridized carbons (Fsp3) is 1.00. The van der Waals surface area contributed by atoms with Crippen LogP contribution in [-0.4, -0.2) is 24.1 Å². The quantitative estimate of drug-likeness (QED) is 0.680. The molecular weight excluding hydrogens is 178 g/mol. The van der Waals surface area contributed by atoms with Gasteiger partial charge in [-0.2, -0.15) is 11.8 Å². The summed E-state index contributed by atoms with van der Waals surface area (Å²) in [6.07, 6.45) is 5.66. The van der Waals surface area contributed by atoms with Crippen LogP contribution in [0, 0.1) is 5.92 Å². The van der Waals surface area contributed by atoms with E-state index in [4.69, 9.17) is 0 Å². The molecular formula is C11H23NS. The van der Waals surface area contributed by atoms with E-state index in [0.717, 1.165) is 12.0 Å². The van der Waals surface area contributed by atoms with Crippen LogP contribution in [0.15, 0.2) is 0 Å². The first kappa shape index (κ1) is 11.4. The maximum Gasteiger partial charge on any atom is 0.0186 e. The minimum atomic E-state index is 0.804. The van der Waals surface area contributed by atoms with Gasteiger partial charge in [-0.15, -0.1) is 0 Å². The van der Waals surface area contributed by atoms with E-state index in [2.05, 4.69) is 30.9 Å². The van der Waals surface area contributed by atoms with E-state index < -0.39 is 0 Å². The molecule has 1 fully saturated rings. The molecule has 1 N–H and O–H groups in total. The van der Waals surface area contributed by atoms with Crippen molar-refractivity contribution in [3.63, 3.8) is 0 Å². The highest BCUT2D eigenvalue weighted by atomic mass is 32.2. The van der Waals surface area contributed by atoms with Crippen LogP contribution in [0.1, 0.15) is 39.5 Å². The average molecular weight is 201 g/mol. The number of nitrogens with one attached hydrogen (secondary N) is 1. The molecule has 13 heavy (non-hydrogen) atoms. The van der Waals surface area contributed by atoms with Crippen LogP contribution in [0.25, 0.3) is 0 Å². The Morgan fingerprint density at radius 1 is 1.38 bits per heavy atom. The summed E-state index contributed by atoms with van der Waals surface area (Å²) in [5.74, 6) is 3.57. The van der Waals surface area contributed by atoms with Gasteiger partial charge in [-0.25, -0.2) is 0 Å². The van der Waals surface area contributed by atoms with Gasteiger partial charge in [0.05, 0.1) is 0 Å². The highest BCUT2D eigenvalue weighted by Gasteiger charge is 2.26. The second-order valence-electron chi connectivity index (χ2n) is 3.91. The Morgan fingerprint density at radius 3 is 2.62 bits per heavy atom. The first-order valence-electron chi connectivity index (χ1n) is 5.69. The fourth-order valence-electron chi connectivity index (χ4n) is 1.78. The minimum absolute atomic E-state index is 0.804. The lowest BCUT2D eigenvalue weighted by atomic mass is 9.80. The molecule has 1 aliphatic carbocycles. The van der Waals surface area contributed by atoms with Crippen molar-refractivity contribution >= 4 is 11.8 Å². The summed E-state index contributed by atoms with van der Waals surface area (Å²) in [5, 5.41) is 3.69. The zero-order chi connectivity index (χ0) is 9.52. The summed E-state index contributed by atoms with van der Waals surface area (Å²) >= 11 is 2.08. The third-order valence-electron chi connectivity index (χ3n) is 2.88. The van der Waals surface area contributed by atoms with Gasteiger partial charge in [-0.1, -0.05) is 20.3 Å². The van der Waals surface area contributed by atoms with E-state index in [1.807, 2.05) is 0 Å². The van der Waals surface area contributed by atoms with Crippen LogP contribution in [0.4, 0.5) is 0 Å². The molecule has 1 unspecified atom stereocenters. The Morgan fingerprint density at radius 2 is 2.15 bits per heavy atom. The molecule has 0 aliphatic heterocycles. The molecule has 1 rings (SSSR count). The van der Waals surface area contributed by atoms with Gasteiger partial charge in [-0.05, 0) is 37.5 Å². The number of hydrogen-bond donors (Lipinski definition) is 1. The maximum absolute atomic E-state index is 3.69. The first-order chi connectivity index (χ1) is 6.38. The number of hydrogen-bond acceptors (Lipinski definition) is 2. The number of thioether (sulfide) groups is 1. The van der Waals surface area contributed by atoms with Gasteiger partial charge in [0.2, 0.25) is 0 Å². The maximum atomic E-state index is 3.69. The molecule has 2 heteroatoms. The van der Waals surface area contributed by atoms with Crippen molar-refractivity contribution in [2.24, 2.45) is 5.92 Å². The largest absolute Gasteiger partial charge is 0.313 e.